The Kier molecular flexibility index (Phi) is 11.4. The molecule has 2 aromatic carbocycles. The summed E-state index contributed by atoms with van der Waals surface area (Å²) in [5.41, 5.74) is -0.147. The number of nitrogens with zero attached hydrogens (tertiary/aromatic N) is 2. The molecule has 3 rings (SSSR count). The van der Waals surface area contributed by atoms with Crippen LogP contribution in [0, 0.1) is 0 Å². The lowest BCUT2D eigenvalue weighted by atomic mass is 9.91. The molecule has 0 aromatic heterocycles. The van der Waals surface area contributed by atoms with Crippen molar-refractivity contribution in [2.24, 2.45) is 4.99 Å². The normalized spacial score (nSPS) is 18.2. The second-order valence-electron chi connectivity index (χ2n) is 10.5. The van der Waals surface area contributed by atoms with E-state index in [1.807, 2.05) is 0 Å². The standard InChI is InChI=1S/C31H39N2O8P/c1-7-10-21-24-25(32-26(22-17-13-11-14-18-22)40-29(35)23-19-15-12-16-20-23)27(34)33(24)28(30(36)41-31(4,5)6)42(37,38-8-2)39-9-3/h7,11-20,24-25,28H,1,8-10,21H2,2-6H3/t24-,25+,28?/m1/s1. The smallest absolute Gasteiger partial charge is 0.364 e. The predicted octanol–water partition coefficient (Wildman–Crippen LogP) is 5.77. The first-order chi connectivity index (χ1) is 20.0. The van der Waals surface area contributed by atoms with Gasteiger partial charge in [0, 0.05) is 5.56 Å². The van der Waals surface area contributed by atoms with Crippen molar-refractivity contribution in [1.82, 2.24) is 4.90 Å². The van der Waals surface area contributed by atoms with E-state index in [-0.39, 0.29) is 19.1 Å². The summed E-state index contributed by atoms with van der Waals surface area (Å²) in [5.74, 6) is -3.88. The van der Waals surface area contributed by atoms with Crippen LogP contribution in [0.25, 0.3) is 0 Å². The zero-order chi connectivity index (χ0) is 30.9. The van der Waals surface area contributed by atoms with Gasteiger partial charge in [-0.05, 0) is 71.7 Å². The first-order valence-electron chi connectivity index (χ1n) is 13.9. The molecule has 226 valence electrons. The molecule has 1 unspecified atom stereocenters. The van der Waals surface area contributed by atoms with Crippen molar-refractivity contribution >= 4 is 31.3 Å². The zero-order valence-corrected chi connectivity index (χ0v) is 25.6. The van der Waals surface area contributed by atoms with E-state index in [0.29, 0.717) is 24.0 Å². The molecule has 2 aromatic rings. The third-order valence-electron chi connectivity index (χ3n) is 6.17. The number of hydrogen-bond donors (Lipinski definition) is 0. The molecular formula is C31H39N2O8P. The van der Waals surface area contributed by atoms with Crippen LogP contribution >= 0.6 is 7.60 Å². The van der Waals surface area contributed by atoms with Gasteiger partial charge in [0.05, 0.1) is 24.8 Å². The minimum Gasteiger partial charge on any atom is -0.458 e. The molecule has 0 saturated carbocycles. The predicted molar refractivity (Wildman–Crippen MR) is 159 cm³/mol. The number of carbonyl (C=O) groups excluding carboxylic acids is 3. The number of carbonyl (C=O) groups is 3. The van der Waals surface area contributed by atoms with Crippen LogP contribution in [0.2, 0.25) is 0 Å². The number of likely N-dealkylation sites (tertiary alicyclic amines) is 1. The summed E-state index contributed by atoms with van der Waals surface area (Å²) in [4.78, 5) is 46.1. The quantitative estimate of drug-likeness (QED) is 0.0712. The van der Waals surface area contributed by atoms with Crippen molar-refractivity contribution in [1.29, 1.82) is 0 Å². The van der Waals surface area contributed by atoms with Crippen LogP contribution in [-0.4, -0.2) is 65.3 Å². The monoisotopic (exact) mass is 598 g/mol. The summed E-state index contributed by atoms with van der Waals surface area (Å²) in [5, 5.41) is 0. The van der Waals surface area contributed by atoms with Gasteiger partial charge in [0.1, 0.15) is 5.60 Å². The second-order valence-corrected chi connectivity index (χ2v) is 12.5. The summed E-state index contributed by atoms with van der Waals surface area (Å²) < 4.78 is 36.4. The van der Waals surface area contributed by atoms with Gasteiger partial charge in [-0.15, -0.1) is 6.58 Å². The minimum absolute atomic E-state index is 0.0227. The molecule has 1 aliphatic rings. The molecule has 1 amide bonds. The summed E-state index contributed by atoms with van der Waals surface area (Å²) in [6.07, 6.45) is 2.46. The summed E-state index contributed by atoms with van der Waals surface area (Å²) in [6, 6.07) is 15.4. The first-order valence-corrected chi connectivity index (χ1v) is 15.5. The van der Waals surface area contributed by atoms with Crippen molar-refractivity contribution in [3.05, 3.63) is 84.4 Å². The van der Waals surface area contributed by atoms with Crippen molar-refractivity contribution in [2.45, 2.75) is 70.9 Å². The van der Waals surface area contributed by atoms with Gasteiger partial charge in [-0.3, -0.25) is 9.36 Å². The fourth-order valence-electron chi connectivity index (χ4n) is 4.46. The number of β-lactam (4-membered cyclic amide) rings is 1. The topological polar surface area (TPSA) is 121 Å². The van der Waals surface area contributed by atoms with Gasteiger partial charge in [-0.2, -0.15) is 0 Å². The van der Waals surface area contributed by atoms with E-state index in [2.05, 4.69) is 11.6 Å². The minimum atomic E-state index is -4.21. The molecule has 0 bridgehead atoms. The molecular weight excluding hydrogens is 559 g/mol. The van der Waals surface area contributed by atoms with E-state index in [0.717, 1.165) is 0 Å². The number of aliphatic imine (C=N–C) groups is 1. The summed E-state index contributed by atoms with van der Waals surface area (Å²) in [7, 11) is -4.21. The Balaban J connectivity index is 2.07. The molecule has 1 aliphatic heterocycles. The van der Waals surface area contributed by atoms with Gasteiger partial charge in [0.25, 0.3) is 5.91 Å². The van der Waals surface area contributed by atoms with Gasteiger partial charge in [-0.25, -0.2) is 14.6 Å². The Labute approximate surface area is 247 Å². The Morgan fingerprint density at radius 3 is 2.05 bits per heavy atom. The molecule has 0 N–H and O–H groups in total. The van der Waals surface area contributed by atoms with Gasteiger partial charge >= 0.3 is 19.5 Å². The fourth-order valence-corrected chi connectivity index (χ4v) is 6.43. The molecule has 0 radical (unpaired) electrons. The molecule has 3 atom stereocenters. The number of hydrogen-bond acceptors (Lipinski definition) is 9. The van der Waals surface area contributed by atoms with E-state index in [9.17, 15) is 18.9 Å². The number of rotatable bonds is 13. The molecule has 0 aliphatic carbocycles. The van der Waals surface area contributed by atoms with E-state index in [1.54, 1.807) is 101 Å². The van der Waals surface area contributed by atoms with Gasteiger partial charge in [0.15, 0.2) is 6.04 Å². The number of benzene rings is 2. The molecule has 1 saturated heterocycles. The third kappa shape index (κ3) is 8.03. The van der Waals surface area contributed by atoms with Gasteiger partial charge < -0.3 is 23.4 Å². The van der Waals surface area contributed by atoms with Crippen molar-refractivity contribution in [3.63, 3.8) is 0 Å². The lowest BCUT2D eigenvalue weighted by molar-refractivity contribution is -0.170. The maximum absolute atomic E-state index is 14.0. The van der Waals surface area contributed by atoms with Crippen LogP contribution in [0.15, 0.2) is 78.3 Å². The number of ether oxygens (including phenoxy) is 2. The van der Waals surface area contributed by atoms with Crippen LogP contribution in [0.4, 0.5) is 0 Å². The van der Waals surface area contributed by atoms with Crippen LogP contribution in [0.5, 0.6) is 0 Å². The Morgan fingerprint density at radius 1 is 1.00 bits per heavy atom. The summed E-state index contributed by atoms with van der Waals surface area (Å²) >= 11 is 0. The second kappa shape index (κ2) is 14.5. The average molecular weight is 599 g/mol. The molecule has 0 spiro atoms. The number of amides is 1. The van der Waals surface area contributed by atoms with Crippen LogP contribution in [-0.2, 0) is 32.7 Å². The molecule has 1 heterocycles. The molecule has 11 heteroatoms. The Bertz CT molecular complexity index is 1310. The summed E-state index contributed by atoms with van der Waals surface area (Å²) in [6.45, 7) is 12.0. The highest BCUT2D eigenvalue weighted by Gasteiger charge is 2.59. The van der Waals surface area contributed by atoms with E-state index >= 15 is 0 Å². The highest BCUT2D eigenvalue weighted by molar-refractivity contribution is 7.55. The third-order valence-corrected chi connectivity index (χ3v) is 8.47. The van der Waals surface area contributed by atoms with Crippen molar-refractivity contribution in [3.8, 4) is 0 Å². The van der Waals surface area contributed by atoms with E-state index < -0.39 is 48.9 Å². The van der Waals surface area contributed by atoms with E-state index in [4.69, 9.17) is 18.5 Å². The first kappa shape index (κ1) is 32.9. The van der Waals surface area contributed by atoms with Crippen molar-refractivity contribution < 1.29 is 37.5 Å². The lowest BCUT2D eigenvalue weighted by Crippen LogP contribution is -2.69. The Morgan fingerprint density at radius 2 is 1.55 bits per heavy atom. The fraction of sp³-hybridized carbons (Fsp3) is 0.419. The highest BCUT2D eigenvalue weighted by Crippen LogP contribution is 2.57. The SMILES string of the molecule is C=CCC[C@@H]1[C@H](N=C(OC(=O)c2ccccc2)c2ccccc2)C(=O)N1C(C(=O)OC(C)(C)C)P(=O)(OCC)OCC. The zero-order valence-electron chi connectivity index (χ0n) is 24.7. The highest BCUT2D eigenvalue weighted by atomic mass is 31.2. The van der Waals surface area contributed by atoms with Gasteiger partial charge in [0.2, 0.25) is 11.7 Å². The van der Waals surface area contributed by atoms with Crippen LogP contribution in [0.1, 0.15) is 63.4 Å². The van der Waals surface area contributed by atoms with Crippen molar-refractivity contribution in [2.75, 3.05) is 13.2 Å². The molecule has 1 fully saturated rings. The molecule has 10 nitrogen and oxygen atoms in total. The number of esters is 2. The van der Waals surface area contributed by atoms with Gasteiger partial charge in [-0.1, -0.05) is 42.5 Å². The maximum atomic E-state index is 14.0. The Hall–Kier alpha value is -3.59. The average Bonchev–Trinajstić information content (AvgIpc) is 2.95. The molecule has 42 heavy (non-hydrogen) atoms. The lowest BCUT2D eigenvalue weighted by Gasteiger charge is -2.49. The van der Waals surface area contributed by atoms with Crippen LogP contribution < -0.4 is 0 Å². The largest absolute Gasteiger partial charge is 0.458 e. The van der Waals surface area contributed by atoms with E-state index in [1.165, 1.54) is 4.90 Å². The number of allylic oxidation sites excluding steroid dienone is 1. The van der Waals surface area contributed by atoms with Crippen LogP contribution in [0.3, 0.4) is 0 Å². The maximum Gasteiger partial charge on any atom is 0.364 e.